The van der Waals surface area contributed by atoms with Gasteiger partial charge in [0.15, 0.2) is 11.5 Å². The first-order valence-corrected chi connectivity index (χ1v) is 11.3. The molecule has 1 aliphatic heterocycles. The van der Waals surface area contributed by atoms with E-state index in [9.17, 15) is 9.59 Å². The van der Waals surface area contributed by atoms with Crippen LogP contribution in [0.5, 0.6) is 11.5 Å². The van der Waals surface area contributed by atoms with Crippen LogP contribution in [-0.4, -0.2) is 30.4 Å². The summed E-state index contributed by atoms with van der Waals surface area (Å²) in [5, 5.41) is 0. The number of likely N-dealkylation sites (N-methyl/N-ethyl adjacent to an activating group) is 1. The average molecular weight is 436 g/mol. The molecule has 2 aliphatic rings. The highest BCUT2D eigenvalue weighted by Crippen LogP contribution is 2.51. The first kappa shape index (κ1) is 22.5. The van der Waals surface area contributed by atoms with Crippen molar-refractivity contribution < 1.29 is 19.1 Å². The van der Waals surface area contributed by atoms with E-state index < -0.39 is 10.8 Å². The normalized spacial score (nSPS) is 17.9. The lowest BCUT2D eigenvalue weighted by atomic mass is 9.77. The van der Waals surface area contributed by atoms with Gasteiger partial charge in [0, 0.05) is 18.2 Å². The zero-order valence-electron chi connectivity index (χ0n) is 20.2. The molecule has 0 aromatic heterocycles. The number of ether oxygens (including phenoxy) is 2. The molecule has 2 aromatic carbocycles. The number of carbonyl (C=O) groups is 2. The second-order valence-electron chi connectivity index (χ2n) is 11.0. The molecule has 1 heterocycles. The molecule has 1 atom stereocenters. The van der Waals surface area contributed by atoms with E-state index in [4.69, 9.17) is 9.47 Å². The first-order valence-electron chi connectivity index (χ1n) is 11.3. The number of nitrogens with zero attached hydrogens (tertiary/aromatic N) is 1. The molecule has 32 heavy (non-hydrogen) atoms. The van der Waals surface area contributed by atoms with Gasteiger partial charge in [-0.15, -0.1) is 0 Å². The van der Waals surface area contributed by atoms with Crippen LogP contribution in [0.15, 0.2) is 30.3 Å². The minimum Gasteiger partial charge on any atom is -0.422 e. The molecule has 4 rings (SSSR count). The Kier molecular flexibility index (Phi) is 5.44. The van der Waals surface area contributed by atoms with E-state index in [1.807, 2.05) is 47.6 Å². The number of rotatable bonds is 2. The number of carbonyl (C=O) groups excluding carboxylic acids is 2. The Morgan fingerprint density at radius 1 is 0.906 bits per heavy atom. The molecule has 5 nitrogen and oxygen atoms in total. The van der Waals surface area contributed by atoms with Crippen molar-refractivity contribution in [1.82, 2.24) is 4.90 Å². The van der Waals surface area contributed by atoms with Crippen LogP contribution in [-0.2, 0) is 22.4 Å². The summed E-state index contributed by atoms with van der Waals surface area (Å²) in [4.78, 5) is 28.1. The monoisotopic (exact) mass is 435 g/mol. The first-order chi connectivity index (χ1) is 14.9. The molecular weight excluding hydrogens is 402 g/mol. The average Bonchev–Trinajstić information content (AvgIpc) is 2.70. The van der Waals surface area contributed by atoms with Gasteiger partial charge in [0.2, 0.25) is 0 Å². The number of benzene rings is 2. The Balaban J connectivity index is 1.92. The minimum absolute atomic E-state index is 0.289. The Morgan fingerprint density at radius 3 is 2.22 bits per heavy atom. The summed E-state index contributed by atoms with van der Waals surface area (Å²) in [6.07, 6.45) is 1.81. The summed E-state index contributed by atoms with van der Waals surface area (Å²) in [5.74, 6) is -0.0846. The van der Waals surface area contributed by atoms with Gasteiger partial charge >= 0.3 is 11.9 Å². The fraction of sp³-hybridized carbons (Fsp3) is 0.481. The summed E-state index contributed by atoms with van der Waals surface area (Å²) in [6.45, 7) is 11.9. The predicted octanol–water partition coefficient (Wildman–Crippen LogP) is 5.34. The molecule has 0 amide bonds. The second-order valence-corrected chi connectivity index (χ2v) is 11.0. The lowest BCUT2D eigenvalue weighted by Crippen LogP contribution is -2.35. The lowest BCUT2D eigenvalue weighted by molar-refractivity contribution is -0.145. The van der Waals surface area contributed by atoms with Crippen LogP contribution in [0.1, 0.15) is 64.3 Å². The van der Waals surface area contributed by atoms with Gasteiger partial charge in [0.25, 0.3) is 0 Å². The van der Waals surface area contributed by atoms with Gasteiger partial charge in [-0.05, 0) is 89.8 Å². The van der Waals surface area contributed by atoms with E-state index >= 15 is 0 Å². The topological polar surface area (TPSA) is 55.8 Å². The Morgan fingerprint density at radius 2 is 1.56 bits per heavy atom. The number of hydrogen-bond acceptors (Lipinski definition) is 5. The third-order valence-electron chi connectivity index (χ3n) is 6.31. The third kappa shape index (κ3) is 3.95. The maximum Gasteiger partial charge on any atom is 0.316 e. The fourth-order valence-corrected chi connectivity index (χ4v) is 4.33. The van der Waals surface area contributed by atoms with E-state index in [-0.39, 0.29) is 18.0 Å². The molecule has 5 heteroatoms. The summed E-state index contributed by atoms with van der Waals surface area (Å²) in [6, 6.07) is 10.4. The van der Waals surface area contributed by atoms with E-state index in [1.54, 1.807) is 6.07 Å². The van der Waals surface area contributed by atoms with Gasteiger partial charge in [-0.2, -0.15) is 0 Å². The zero-order valence-corrected chi connectivity index (χ0v) is 20.2. The molecule has 0 radical (unpaired) electrons. The second kappa shape index (κ2) is 7.73. The van der Waals surface area contributed by atoms with Gasteiger partial charge in [0.05, 0.1) is 10.8 Å². The third-order valence-corrected chi connectivity index (χ3v) is 6.31. The van der Waals surface area contributed by atoms with Crippen molar-refractivity contribution in [2.75, 3.05) is 13.6 Å². The van der Waals surface area contributed by atoms with Crippen molar-refractivity contribution in [3.8, 4) is 22.6 Å². The van der Waals surface area contributed by atoms with Gasteiger partial charge in [0.1, 0.15) is 0 Å². The van der Waals surface area contributed by atoms with E-state index in [2.05, 4.69) is 30.1 Å². The molecule has 2 aromatic rings. The standard InChI is InChI=1S/C27H33NO4/c1-26(2,3)24(29)31-20-12-11-17-15-19-21-16(13-14-28(19)7)9-8-10-18(21)22(17)23(20)32-25(30)27(4,5)6/h8-12,19H,13-15H2,1-7H3/t19-/m1/s1. The number of fused-ring (bicyclic) bond motifs is 2. The smallest absolute Gasteiger partial charge is 0.316 e. The van der Waals surface area contributed by atoms with Crippen LogP contribution in [0.2, 0.25) is 0 Å². The SMILES string of the molecule is CN1CCc2cccc3c2[C@H]1Cc1ccc(OC(=O)C(C)(C)C)c(OC(=O)C(C)(C)C)c1-3. The maximum absolute atomic E-state index is 12.9. The highest BCUT2D eigenvalue weighted by atomic mass is 16.6. The summed E-state index contributed by atoms with van der Waals surface area (Å²) < 4.78 is 11.8. The molecule has 0 saturated heterocycles. The molecule has 0 fully saturated rings. The zero-order chi connectivity index (χ0) is 23.4. The van der Waals surface area contributed by atoms with Crippen molar-refractivity contribution in [1.29, 1.82) is 0 Å². The highest BCUT2D eigenvalue weighted by molar-refractivity contribution is 5.89. The van der Waals surface area contributed by atoms with Crippen LogP contribution in [0.3, 0.4) is 0 Å². The van der Waals surface area contributed by atoms with Crippen LogP contribution in [0.4, 0.5) is 0 Å². The molecule has 1 aliphatic carbocycles. The van der Waals surface area contributed by atoms with Gasteiger partial charge in [-0.3, -0.25) is 14.5 Å². The predicted molar refractivity (Wildman–Crippen MR) is 125 cm³/mol. The van der Waals surface area contributed by atoms with Crippen LogP contribution in [0, 0.1) is 10.8 Å². The van der Waals surface area contributed by atoms with E-state index in [1.165, 1.54) is 11.1 Å². The van der Waals surface area contributed by atoms with Crippen molar-refractivity contribution in [2.24, 2.45) is 10.8 Å². The molecule has 0 N–H and O–H groups in total. The van der Waals surface area contributed by atoms with Crippen molar-refractivity contribution in [2.45, 2.75) is 60.4 Å². The molecule has 0 saturated carbocycles. The number of hydrogen-bond donors (Lipinski definition) is 0. The van der Waals surface area contributed by atoms with Gasteiger partial charge in [-0.1, -0.05) is 24.3 Å². The summed E-state index contributed by atoms with van der Waals surface area (Å²) in [5.41, 5.74) is 4.28. The fourth-order valence-electron chi connectivity index (χ4n) is 4.33. The summed E-state index contributed by atoms with van der Waals surface area (Å²) in [7, 11) is 2.16. The quantitative estimate of drug-likeness (QED) is 0.471. The van der Waals surface area contributed by atoms with Crippen molar-refractivity contribution in [3.63, 3.8) is 0 Å². The lowest BCUT2D eigenvalue weighted by Gasteiger charge is -2.40. The molecular formula is C27H33NO4. The Hall–Kier alpha value is -2.66. The Labute approximate surface area is 190 Å². The minimum atomic E-state index is -0.693. The number of esters is 2. The highest BCUT2D eigenvalue weighted by Gasteiger charge is 2.37. The van der Waals surface area contributed by atoms with Gasteiger partial charge < -0.3 is 9.47 Å². The van der Waals surface area contributed by atoms with Crippen LogP contribution < -0.4 is 9.47 Å². The molecule has 0 bridgehead atoms. The largest absolute Gasteiger partial charge is 0.422 e. The maximum atomic E-state index is 12.9. The van der Waals surface area contributed by atoms with E-state index in [0.29, 0.717) is 11.5 Å². The molecule has 170 valence electrons. The Bertz CT molecular complexity index is 1090. The summed E-state index contributed by atoms with van der Waals surface area (Å²) >= 11 is 0. The van der Waals surface area contributed by atoms with Crippen LogP contribution in [0.25, 0.3) is 11.1 Å². The van der Waals surface area contributed by atoms with Crippen molar-refractivity contribution in [3.05, 3.63) is 47.0 Å². The van der Waals surface area contributed by atoms with Crippen LogP contribution >= 0.6 is 0 Å². The molecule has 0 spiro atoms. The van der Waals surface area contributed by atoms with Crippen molar-refractivity contribution >= 4 is 11.9 Å². The van der Waals surface area contributed by atoms with E-state index in [0.717, 1.165) is 36.1 Å². The molecule has 0 unspecified atom stereocenters. The van der Waals surface area contributed by atoms with Gasteiger partial charge in [-0.25, -0.2) is 0 Å².